The number of aryl methyl sites for hydroxylation is 1. The average molecular weight is 181 g/mol. The van der Waals surface area contributed by atoms with Crippen molar-refractivity contribution < 1.29 is 4.74 Å². The third-order valence-corrected chi connectivity index (χ3v) is 2.36. The van der Waals surface area contributed by atoms with E-state index in [0.29, 0.717) is 12.6 Å². The van der Waals surface area contributed by atoms with Crippen molar-refractivity contribution in [3.05, 3.63) is 11.4 Å². The van der Waals surface area contributed by atoms with Crippen LogP contribution in [0.3, 0.4) is 0 Å². The zero-order valence-corrected chi connectivity index (χ0v) is 7.84. The molecule has 0 amide bonds. The molecule has 3 N–H and O–H groups in total. The Morgan fingerprint density at radius 3 is 3.23 bits per heavy atom. The lowest BCUT2D eigenvalue weighted by molar-refractivity contribution is 0.315. The highest BCUT2D eigenvalue weighted by molar-refractivity contribution is 5.23. The van der Waals surface area contributed by atoms with Gasteiger partial charge in [-0.3, -0.25) is 0 Å². The van der Waals surface area contributed by atoms with Crippen molar-refractivity contribution in [2.75, 3.05) is 6.61 Å². The molecule has 0 aromatic carbocycles. The van der Waals surface area contributed by atoms with Crippen molar-refractivity contribution >= 4 is 0 Å². The number of nitrogens with one attached hydrogen (secondary N) is 1. The van der Waals surface area contributed by atoms with Gasteiger partial charge in [0.25, 0.3) is 6.01 Å². The van der Waals surface area contributed by atoms with Crippen molar-refractivity contribution in [3.63, 3.8) is 0 Å². The summed E-state index contributed by atoms with van der Waals surface area (Å²) in [5, 5.41) is 0. The molecular formula is C9H15N3O. The van der Waals surface area contributed by atoms with Gasteiger partial charge in [-0.25, -0.2) is 0 Å². The molecule has 1 unspecified atom stereocenters. The highest BCUT2D eigenvalue weighted by atomic mass is 16.5. The smallest absolute Gasteiger partial charge is 0.294 e. The lowest BCUT2D eigenvalue weighted by Gasteiger charge is -2.15. The van der Waals surface area contributed by atoms with Crippen LogP contribution in [0.5, 0.6) is 6.01 Å². The van der Waals surface area contributed by atoms with Gasteiger partial charge in [-0.05, 0) is 26.2 Å². The minimum absolute atomic E-state index is 0.0919. The fourth-order valence-corrected chi connectivity index (χ4v) is 1.74. The van der Waals surface area contributed by atoms with Gasteiger partial charge in [0.15, 0.2) is 0 Å². The van der Waals surface area contributed by atoms with E-state index in [4.69, 9.17) is 10.5 Å². The van der Waals surface area contributed by atoms with Gasteiger partial charge in [0, 0.05) is 11.7 Å². The van der Waals surface area contributed by atoms with Crippen LogP contribution < -0.4 is 10.5 Å². The molecule has 0 radical (unpaired) electrons. The quantitative estimate of drug-likeness (QED) is 0.719. The average Bonchev–Trinajstić information content (AvgIpc) is 2.49. The molecule has 0 spiro atoms. The molecule has 1 aromatic heterocycles. The van der Waals surface area contributed by atoms with E-state index in [1.807, 2.05) is 6.92 Å². The summed E-state index contributed by atoms with van der Waals surface area (Å²) in [6, 6.07) is 0.707. The molecule has 0 bridgehead atoms. The number of aromatic nitrogens is 2. The van der Waals surface area contributed by atoms with Crippen molar-refractivity contribution in [1.82, 2.24) is 9.97 Å². The molecule has 1 aliphatic rings. The molecule has 2 rings (SSSR count). The molecule has 1 atom stereocenters. The van der Waals surface area contributed by atoms with E-state index in [0.717, 1.165) is 30.7 Å². The van der Waals surface area contributed by atoms with Crippen molar-refractivity contribution in [1.29, 1.82) is 0 Å². The first kappa shape index (κ1) is 8.56. The van der Waals surface area contributed by atoms with Crippen LogP contribution in [0, 0.1) is 0 Å². The number of H-pyrrole nitrogens is 1. The van der Waals surface area contributed by atoms with Crippen LogP contribution in [0.1, 0.15) is 37.2 Å². The van der Waals surface area contributed by atoms with E-state index in [2.05, 4.69) is 9.97 Å². The molecule has 4 nitrogen and oxygen atoms in total. The number of aromatic amines is 1. The van der Waals surface area contributed by atoms with Crippen LogP contribution >= 0.6 is 0 Å². The predicted octanol–water partition coefficient (Wildman–Crippen LogP) is 1.14. The second kappa shape index (κ2) is 3.38. The fraction of sp³-hybridized carbons (Fsp3) is 0.667. The molecule has 1 heterocycles. The largest absolute Gasteiger partial charge is 0.465 e. The van der Waals surface area contributed by atoms with E-state index in [1.54, 1.807) is 0 Å². The molecular weight excluding hydrogens is 166 g/mol. The second-order valence-corrected chi connectivity index (χ2v) is 3.34. The van der Waals surface area contributed by atoms with Crippen LogP contribution in [0.15, 0.2) is 0 Å². The van der Waals surface area contributed by atoms with Crippen LogP contribution in [-0.4, -0.2) is 16.6 Å². The minimum Gasteiger partial charge on any atom is -0.465 e. The third-order valence-electron chi connectivity index (χ3n) is 2.36. The Labute approximate surface area is 77.5 Å². The van der Waals surface area contributed by atoms with Crippen LogP contribution in [0.4, 0.5) is 0 Å². The van der Waals surface area contributed by atoms with E-state index in [9.17, 15) is 0 Å². The van der Waals surface area contributed by atoms with Gasteiger partial charge in [-0.15, -0.1) is 0 Å². The van der Waals surface area contributed by atoms with Crippen LogP contribution in [0.2, 0.25) is 0 Å². The molecule has 0 saturated heterocycles. The molecule has 13 heavy (non-hydrogen) atoms. The van der Waals surface area contributed by atoms with Gasteiger partial charge in [0.2, 0.25) is 0 Å². The van der Waals surface area contributed by atoms with Gasteiger partial charge < -0.3 is 15.5 Å². The number of nitrogens with zero attached hydrogens (tertiary/aromatic N) is 1. The summed E-state index contributed by atoms with van der Waals surface area (Å²) >= 11 is 0. The lowest BCUT2D eigenvalue weighted by atomic mass is 9.97. The second-order valence-electron chi connectivity index (χ2n) is 3.34. The Hall–Kier alpha value is -1.03. The van der Waals surface area contributed by atoms with Crippen molar-refractivity contribution in [2.45, 2.75) is 32.2 Å². The summed E-state index contributed by atoms with van der Waals surface area (Å²) in [5.41, 5.74) is 8.07. The van der Waals surface area contributed by atoms with Gasteiger partial charge in [-0.1, -0.05) is 0 Å². The number of fused-ring (bicyclic) bond motifs is 1. The number of rotatable bonds is 2. The first-order chi connectivity index (χ1) is 6.31. The summed E-state index contributed by atoms with van der Waals surface area (Å²) in [5.74, 6) is 0. The molecule has 72 valence electrons. The first-order valence-electron chi connectivity index (χ1n) is 4.78. The summed E-state index contributed by atoms with van der Waals surface area (Å²) in [4.78, 5) is 7.47. The molecule has 0 fully saturated rings. The van der Waals surface area contributed by atoms with Crippen molar-refractivity contribution in [3.8, 4) is 6.01 Å². The molecule has 0 aliphatic heterocycles. The minimum atomic E-state index is 0.0919. The van der Waals surface area contributed by atoms with E-state index in [1.165, 1.54) is 0 Å². The summed E-state index contributed by atoms with van der Waals surface area (Å²) < 4.78 is 5.28. The topological polar surface area (TPSA) is 63.9 Å². The Morgan fingerprint density at radius 2 is 2.54 bits per heavy atom. The summed E-state index contributed by atoms with van der Waals surface area (Å²) in [7, 11) is 0. The molecule has 0 saturated carbocycles. The molecule has 1 aliphatic carbocycles. The third kappa shape index (κ3) is 1.54. The number of hydrogen-bond donors (Lipinski definition) is 2. The Bertz CT molecular complexity index is 295. The van der Waals surface area contributed by atoms with E-state index in [-0.39, 0.29) is 6.04 Å². The Kier molecular flexibility index (Phi) is 2.22. The van der Waals surface area contributed by atoms with Crippen LogP contribution in [-0.2, 0) is 6.42 Å². The predicted molar refractivity (Wildman–Crippen MR) is 49.6 cm³/mol. The van der Waals surface area contributed by atoms with Gasteiger partial charge in [0.05, 0.1) is 12.3 Å². The molecule has 4 heteroatoms. The number of ether oxygens (including phenoxy) is 1. The highest BCUT2D eigenvalue weighted by Crippen LogP contribution is 2.27. The van der Waals surface area contributed by atoms with Gasteiger partial charge in [-0.2, -0.15) is 4.98 Å². The normalized spacial score (nSPS) is 21.2. The van der Waals surface area contributed by atoms with E-state index < -0.39 is 0 Å². The maximum absolute atomic E-state index is 5.92. The maximum Gasteiger partial charge on any atom is 0.294 e. The van der Waals surface area contributed by atoms with Crippen LogP contribution in [0.25, 0.3) is 0 Å². The standard InChI is InChI=1S/C9H15N3O/c1-2-13-9-11-7-5-3-4-6(10)8(7)12-9/h6H,2-5,10H2,1H3,(H,11,12). The molecule has 1 aromatic rings. The Morgan fingerprint density at radius 1 is 1.69 bits per heavy atom. The number of imidazole rings is 1. The SMILES string of the molecule is CCOc1nc2c([nH]1)CCCC2N. The summed E-state index contributed by atoms with van der Waals surface area (Å²) in [6.45, 7) is 2.59. The first-order valence-corrected chi connectivity index (χ1v) is 4.78. The van der Waals surface area contributed by atoms with Crippen molar-refractivity contribution in [2.24, 2.45) is 5.73 Å². The number of nitrogens with two attached hydrogens (primary N) is 1. The fourth-order valence-electron chi connectivity index (χ4n) is 1.74. The van der Waals surface area contributed by atoms with E-state index >= 15 is 0 Å². The zero-order chi connectivity index (χ0) is 9.26. The van der Waals surface area contributed by atoms with Gasteiger partial charge in [0.1, 0.15) is 0 Å². The zero-order valence-electron chi connectivity index (χ0n) is 7.84. The lowest BCUT2D eigenvalue weighted by Crippen LogP contribution is -2.17. The maximum atomic E-state index is 5.92. The highest BCUT2D eigenvalue weighted by Gasteiger charge is 2.21. The number of hydrogen-bond acceptors (Lipinski definition) is 3. The summed E-state index contributed by atoms with van der Waals surface area (Å²) in [6.07, 6.45) is 3.22. The monoisotopic (exact) mass is 181 g/mol. The van der Waals surface area contributed by atoms with Gasteiger partial charge >= 0.3 is 0 Å². The Balaban J connectivity index is 2.25.